The fourth-order valence-corrected chi connectivity index (χ4v) is 0.904. The SMILES string of the molecule is NCCC[C@H](NO)C(=O)OCC(O)CN. The molecule has 0 bridgehead atoms. The predicted molar refractivity (Wildman–Crippen MR) is 53.0 cm³/mol. The van der Waals surface area contributed by atoms with Crippen molar-refractivity contribution in [1.82, 2.24) is 5.48 Å². The van der Waals surface area contributed by atoms with E-state index in [2.05, 4.69) is 0 Å². The lowest BCUT2D eigenvalue weighted by Gasteiger charge is -2.15. The average molecular weight is 221 g/mol. The minimum absolute atomic E-state index is 0.0211. The van der Waals surface area contributed by atoms with Crippen LogP contribution in [0.25, 0.3) is 0 Å². The van der Waals surface area contributed by atoms with Gasteiger partial charge in [0.1, 0.15) is 18.8 Å². The van der Waals surface area contributed by atoms with Gasteiger partial charge in [-0.05, 0) is 19.4 Å². The molecule has 90 valence electrons. The van der Waals surface area contributed by atoms with Crippen LogP contribution in [0.5, 0.6) is 0 Å². The van der Waals surface area contributed by atoms with E-state index in [0.29, 0.717) is 19.4 Å². The summed E-state index contributed by atoms with van der Waals surface area (Å²) in [5.41, 5.74) is 12.2. The van der Waals surface area contributed by atoms with Gasteiger partial charge in [-0.25, -0.2) is 0 Å². The van der Waals surface area contributed by atoms with Gasteiger partial charge in [0.2, 0.25) is 0 Å². The molecule has 0 saturated heterocycles. The van der Waals surface area contributed by atoms with Gasteiger partial charge in [0.25, 0.3) is 0 Å². The zero-order chi connectivity index (χ0) is 11.7. The molecule has 0 aliphatic carbocycles. The molecule has 1 unspecified atom stereocenters. The van der Waals surface area contributed by atoms with Crippen LogP contribution in [0.4, 0.5) is 0 Å². The Bertz CT molecular complexity index is 179. The third kappa shape index (κ3) is 6.37. The lowest BCUT2D eigenvalue weighted by atomic mass is 10.2. The van der Waals surface area contributed by atoms with E-state index in [1.54, 1.807) is 0 Å². The summed E-state index contributed by atoms with van der Waals surface area (Å²) in [5.74, 6) is -0.626. The molecule has 0 spiro atoms. The highest BCUT2D eigenvalue weighted by molar-refractivity contribution is 5.75. The zero-order valence-corrected chi connectivity index (χ0v) is 8.56. The first kappa shape index (κ1) is 14.3. The van der Waals surface area contributed by atoms with Crippen molar-refractivity contribution in [2.75, 3.05) is 19.7 Å². The monoisotopic (exact) mass is 221 g/mol. The van der Waals surface area contributed by atoms with Crippen molar-refractivity contribution in [3.05, 3.63) is 0 Å². The molecule has 0 amide bonds. The van der Waals surface area contributed by atoms with Crippen LogP contribution in [0.1, 0.15) is 12.8 Å². The summed E-state index contributed by atoms with van der Waals surface area (Å²) in [6.45, 7) is 0.278. The molecule has 7 heteroatoms. The van der Waals surface area contributed by atoms with Crippen LogP contribution < -0.4 is 16.9 Å². The molecule has 7 N–H and O–H groups in total. The van der Waals surface area contributed by atoms with E-state index in [-0.39, 0.29) is 13.2 Å². The van der Waals surface area contributed by atoms with E-state index in [0.717, 1.165) is 0 Å². The van der Waals surface area contributed by atoms with E-state index < -0.39 is 18.1 Å². The van der Waals surface area contributed by atoms with Gasteiger partial charge in [0, 0.05) is 6.54 Å². The minimum atomic E-state index is -0.872. The second kappa shape index (κ2) is 8.57. The number of esters is 1. The van der Waals surface area contributed by atoms with Gasteiger partial charge in [-0.15, -0.1) is 0 Å². The third-order valence-electron chi connectivity index (χ3n) is 1.83. The van der Waals surface area contributed by atoms with Gasteiger partial charge in [0.05, 0.1) is 0 Å². The van der Waals surface area contributed by atoms with E-state index in [4.69, 9.17) is 26.5 Å². The smallest absolute Gasteiger partial charge is 0.325 e. The van der Waals surface area contributed by atoms with E-state index in [1.807, 2.05) is 5.48 Å². The van der Waals surface area contributed by atoms with E-state index in [9.17, 15) is 4.79 Å². The Labute approximate surface area is 88.3 Å². The standard InChI is InChI=1S/C8H19N3O4/c9-3-1-2-7(11-14)8(13)15-5-6(12)4-10/h6-7,11-12,14H,1-5,9-10H2/t6?,7-/m0/s1. The quantitative estimate of drug-likeness (QED) is 0.235. The number of carbonyl (C=O) groups is 1. The number of aliphatic hydroxyl groups excluding tert-OH is 1. The number of ether oxygens (including phenoxy) is 1. The van der Waals surface area contributed by atoms with Crippen LogP contribution >= 0.6 is 0 Å². The van der Waals surface area contributed by atoms with Crippen molar-refractivity contribution in [2.24, 2.45) is 11.5 Å². The Morgan fingerprint density at radius 3 is 2.60 bits per heavy atom. The highest BCUT2D eigenvalue weighted by Crippen LogP contribution is 1.99. The Hall–Kier alpha value is -0.730. The second-order valence-electron chi connectivity index (χ2n) is 3.13. The highest BCUT2D eigenvalue weighted by atomic mass is 16.5. The van der Waals surface area contributed by atoms with Crippen LogP contribution in [-0.2, 0) is 9.53 Å². The maximum Gasteiger partial charge on any atom is 0.325 e. The number of nitrogens with one attached hydrogen (secondary N) is 1. The Morgan fingerprint density at radius 1 is 1.47 bits per heavy atom. The molecule has 0 fully saturated rings. The van der Waals surface area contributed by atoms with Crippen molar-refractivity contribution in [3.63, 3.8) is 0 Å². The topological polar surface area (TPSA) is 131 Å². The predicted octanol–water partition coefficient (Wildman–Crippen LogP) is -2.06. The molecule has 7 nitrogen and oxygen atoms in total. The van der Waals surface area contributed by atoms with Crippen LogP contribution in [-0.4, -0.2) is 48.1 Å². The summed E-state index contributed by atoms with van der Waals surface area (Å²) in [6, 6.07) is -0.807. The van der Waals surface area contributed by atoms with E-state index >= 15 is 0 Å². The fourth-order valence-electron chi connectivity index (χ4n) is 0.904. The lowest BCUT2D eigenvalue weighted by Crippen LogP contribution is -2.38. The molecule has 0 radical (unpaired) electrons. The maximum atomic E-state index is 11.3. The van der Waals surface area contributed by atoms with Crippen molar-refractivity contribution in [2.45, 2.75) is 25.0 Å². The number of carbonyl (C=O) groups excluding carboxylic acids is 1. The van der Waals surface area contributed by atoms with Crippen molar-refractivity contribution >= 4 is 5.97 Å². The molecule has 2 atom stereocenters. The van der Waals surface area contributed by atoms with Gasteiger partial charge < -0.3 is 26.5 Å². The highest BCUT2D eigenvalue weighted by Gasteiger charge is 2.19. The molecule has 0 rings (SSSR count). The number of hydrogen-bond acceptors (Lipinski definition) is 7. The molecule has 0 aliphatic rings. The average Bonchev–Trinajstić information content (AvgIpc) is 2.26. The summed E-state index contributed by atoms with van der Waals surface area (Å²) < 4.78 is 4.71. The van der Waals surface area contributed by atoms with E-state index in [1.165, 1.54) is 0 Å². The third-order valence-corrected chi connectivity index (χ3v) is 1.83. The number of hydrogen-bond donors (Lipinski definition) is 5. The minimum Gasteiger partial charge on any atom is -0.462 e. The molecule has 0 aromatic rings. The van der Waals surface area contributed by atoms with Crippen molar-refractivity contribution in [3.8, 4) is 0 Å². The first-order valence-corrected chi connectivity index (χ1v) is 4.80. The van der Waals surface area contributed by atoms with Crippen molar-refractivity contribution in [1.29, 1.82) is 0 Å². The fraction of sp³-hybridized carbons (Fsp3) is 0.875. The van der Waals surface area contributed by atoms with Crippen molar-refractivity contribution < 1.29 is 19.8 Å². The van der Waals surface area contributed by atoms with Gasteiger partial charge >= 0.3 is 5.97 Å². The van der Waals surface area contributed by atoms with Crippen LogP contribution in [0.3, 0.4) is 0 Å². The first-order valence-electron chi connectivity index (χ1n) is 4.80. The maximum absolute atomic E-state index is 11.3. The summed E-state index contributed by atoms with van der Waals surface area (Å²) in [4.78, 5) is 11.3. The summed E-state index contributed by atoms with van der Waals surface area (Å²) in [6.07, 6.45) is 0.0972. The molecule has 15 heavy (non-hydrogen) atoms. The van der Waals surface area contributed by atoms with Gasteiger partial charge in [0.15, 0.2) is 0 Å². The Morgan fingerprint density at radius 2 is 2.13 bits per heavy atom. The number of hydroxylamine groups is 1. The first-order chi connectivity index (χ1) is 7.15. The van der Waals surface area contributed by atoms with Crippen LogP contribution in [0.2, 0.25) is 0 Å². The largest absolute Gasteiger partial charge is 0.462 e. The van der Waals surface area contributed by atoms with Gasteiger partial charge in [-0.3, -0.25) is 4.79 Å². The molecule has 0 heterocycles. The summed E-state index contributed by atoms with van der Waals surface area (Å²) >= 11 is 0. The Kier molecular flexibility index (Phi) is 8.15. The second-order valence-corrected chi connectivity index (χ2v) is 3.13. The molecular weight excluding hydrogens is 202 g/mol. The summed E-state index contributed by atoms with van der Waals surface area (Å²) in [5, 5.41) is 17.7. The summed E-state index contributed by atoms with van der Waals surface area (Å²) in [7, 11) is 0. The van der Waals surface area contributed by atoms with Crippen LogP contribution in [0.15, 0.2) is 0 Å². The number of aliphatic hydroxyl groups is 1. The number of rotatable bonds is 8. The van der Waals surface area contributed by atoms with Crippen LogP contribution in [0, 0.1) is 0 Å². The normalized spacial score (nSPS) is 14.7. The zero-order valence-electron chi connectivity index (χ0n) is 8.56. The Balaban J connectivity index is 3.82. The van der Waals surface area contributed by atoms with Gasteiger partial charge in [-0.1, -0.05) is 0 Å². The molecule has 0 aliphatic heterocycles. The molecule has 0 aromatic heterocycles. The molecule has 0 aromatic carbocycles. The number of nitrogens with two attached hydrogens (primary N) is 2. The van der Waals surface area contributed by atoms with Gasteiger partial charge in [-0.2, -0.15) is 5.48 Å². The molecule has 0 saturated carbocycles. The molecular formula is C8H19N3O4. The lowest BCUT2D eigenvalue weighted by molar-refractivity contribution is -0.152.